The second kappa shape index (κ2) is 6.74. The van der Waals surface area contributed by atoms with Crippen LogP contribution in [-0.2, 0) is 21.6 Å². The number of likely N-dealkylation sites (tertiary alicyclic amines) is 1. The number of piperidine rings is 1. The molecule has 1 fully saturated rings. The predicted octanol–water partition coefficient (Wildman–Crippen LogP) is 2.15. The zero-order valence-corrected chi connectivity index (χ0v) is 15.9. The molecule has 8 heteroatoms. The fourth-order valence-corrected chi connectivity index (χ4v) is 4.83. The molecule has 0 aliphatic carbocycles. The Kier molecular flexibility index (Phi) is 5.27. The molecule has 0 atom stereocenters. The number of aryl methyl sites for hydroxylation is 2. The van der Waals surface area contributed by atoms with Gasteiger partial charge in [-0.05, 0) is 46.5 Å². The number of sulfone groups is 1. The Morgan fingerprint density at radius 2 is 1.92 bits per heavy atom. The summed E-state index contributed by atoms with van der Waals surface area (Å²) in [6, 6.07) is 0. The molecule has 2 rings (SSSR count). The van der Waals surface area contributed by atoms with E-state index in [1.807, 2.05) is 20.8 Å². The quantitative estimate of drug-likeness (QED) is 0.828. The molecule has 0 bridgehead atoms. The average molecular weight is 357 g/mol. The topological polar surface area (TPSA) is 81.5 Å². The Hall–Kier alpha value is -1.57. The van der Waals surface area contributed by atoms with Crippen molar-refractivity contribution in [1.29, 1.82) is 0 Å². The van der Waals surface area contributed by atoms with Crippen molar-refractivity contribution < 1.29 is 17.9 Å². The van der Waals surface area contributed by atoms with Crippen molar-refractivity contribution in [2.75, 3.05) is 18.8 Å². The minimum atomic E-state index is -3.35. The molecule has 2 heterocycles. The van der Waals surface area contributed by atoms with E-state index in [9.17, 15) is 13.2 Å². The molecular formula is C16H27N3O4S. The summed E-state index contributed by atoms with van der Waals surface area (Å²) in [7, 11) is -1.64. The Morgan fingerprint density at radius 1 is 1.33 bits per heavy atom. The highest BCUT2D eigenvalue weighted by atomic mass is 32.2. The van der Waals surface area contributed by atoms with Crippen LogP contribution in [0, 0.1) is 12.8 Å². The molecule has 0 N–H and O–H groups in total. The summed E-state index contributed by atoms with van der Waals surface area (Å²) in [5.41, 5.74) is 0.0125. The molecule has 1 saturated heterocycles. The second-order valence-electron chi connectivity index (χ2n) is 7.44. The van der Waals surface area contributed by atoms with Crippen molar-refractivity contribution in [3.63, 3.8) is 0 Å². The number of ether oxygens (including phenoxy) is 1. The number of carbonyl (C=O) groups excluding carboxylic acids is 1. The van der Waals surface area contributed by atoms with Gasteiger partial charge in [0, 0.05) is 26.3 Å². The molecule has 0 saturated carbocycles. The van der Waals surface area contributed by atoms with Crippen molar-refractivity contribution >= 4 is 15.9 Å². The number of amides is 1. The summed E-state index contributed by atoms with van der Waals surface area (Å²) in [5, 5.41) is 4.11. The number of carbonyl (C=O) groups is 1. The Bertz CT molecular complexity index is 695. The van der Waals surface area contributed by atoms with Gasteiger partial charge in [0.25, 0.3) is 0 Å². The van der Waals surface area contributed by atoms with Crippen LogP contribution in [0.1, 0.15) is 39.3 Å². The van der Waals surface area contributed by atoms with E-state index in [0.717, 1.165) is 0 Å². The maximum absolute atomic E-state index is 12.6. The summed E-state index contributed by atoms with van der Waals surface area (Å²) >= 11 is 0. The van der Waals surface area contributed by atoms with E-state index >= 15 is 0 Å². The van der Waals surface area contributed by atoms with E-state index < -0.39 is 15.4 Å². The van der Waals surface area contributed by atoms with Gasteiger partial charge in [-0.3, -0.25) is 4.68 Å². The van der Waals surface area contributed by atoms with E-state index in [4.69, 9.17) is 4.74 Å². The molecule has 136 valence electrons. The lowest BCUT2D eigenvalue weighted by atomic mass is 9.99. The highest BCUT2D eigenvalue weighted by Gasteiger charge is 2.30. The van der Waals surface area contributed by atoms with Gasteiger partial charge in [-0.15, -0.1) is 0 Å². The van der Waals surface area contributed by atoms with Gasteiger partial charge in [0.15, 0.2) is 9.84 Å². The first-order chi connectivity index (χ1) is 11.0. The fraction of sp³-hybridized carbons (Fsp3) is 0.750. The van der Waals surface area contributed by atoms with Gasteiger partial charge in [0.2, 0.25) is 0 Å². The fourth-order valence-electron chi connectivity index (χ4n) is 2.89. The van der Waals surface area contributed by atoms with Crippen LogP contribution in [0.4, 0.5) is 4.79 Å². The maximum Gasteiger partial charge on any atom is 0.410 e. The number of nitrogens with zero attached hydrogens (tertiary/aromatic N) is 3. The first-order valence-electron chi connectivity index (χ1n) is 8.19. The third-order valence-electron chi connectivity index (χ3n) is 4.02. The molecule has 0 aromatic carbocycles. The van der Waals surface area contributed by atoms with E-state index in [2.05, 4.69) is 5.10 Å². The summed E-state index contributed by atoms with van der Waals surface area (Å²) < 4.78 is 32.0. The van der Waals surface area contributed by atoms with Crippen LogP contribution in [-0.4, -0.2) is 53.6 Å². The molecule has 0 unspecified atom stereocenters. The number of rotatable bonds is 3. The highest BCUT2D eigenvalue weighted by molar-refractivity contribution is 7.91. The van der Waals surface area contributed by atoms with Gasteiger partial charge < -0.3 is 9.64 Å². The maximum atomic E-state index is 12.6. The van der Waals surface area contributed by atoms with E-state index in [-0.39, 0.29) is 17.8 Å². The lowest BCUT2D eigenvalue weighted by Crippen LogP contribution is -2.42. The van der Waals surface area contributed by atoms with Crippen molar-refractivity contribution in [3.8, 4) is 0 Å². The van der Waals surface area contributed by atoms with Crippen LogP contribution in [0.3, 0.4) is 0 Å². The first-order valence-corrected chi connectivity index (χ1v) is 9.84. The number of hydrogen-bond acceptors (Lipinski definition) is 5. The molecule has 1 amide bonds. The molecule has 7 nitrogen and oxygen atoms in total. The Balaban J connectivity index is 1.93. The predicted molar refractivity (Wildman–Crippen MR) is 90.5 cm³/mol. The molecule has 0 radical (unpaired) electrons. The first kappa shape index (κ1) is 18.8. The minimum Gasteiger partial charge on any atom is -0.444 e. The van der Waals surface area contributed by atoms with Gasteiger partial charge in [-0.1, -0.05) is 0 Å². The van der Waals surface area contributed by atoms with Crippen LogP contribution < -0.4 is 0 Å². The Morgan fingerprint density at radius 3 is 2.38 bits per heavy atom. The lowest BCUT2D eigenvalue weighted by molar-refractivity contribution is 0.0191. The van der Waals surface area contributed by atoms with E-state index in [0.29, 0.717) is 36.5 Å². The third kappa shape index (κ3) is 4.72. The van der Waals surface area contributed by atoms with Crippen molar-refractivity contribution in [1.82, 2.24) is 14.7 Å². The van der Waals surface area contributed by atoms with E-state index in [1.54, 1.807) is 25.1 Å². The van der Waals surface area contributed by atoms with Gasteiger partial charge in [-0.25, -0.2) is 13.2 Å². The third-order valence-corrected chi connectivity index (χ3v) is 6.01. The smallest absolute Gasteiger partial charge is 0.410 e. The largest absolute Gasteiger partial charge is 0.444 e. The summed E-state index contributed by atoms with van der Waals surface area (Å²) in [6.07, 6.45) is 2.56. The molecule has 24 heavy (non-hydrogen) atoms. The van der Waals surface area contributed by atoms with Gasteiger partial charge >= 0.3 is 6.09 Å². The molecule has 0 spiro atoms. The second-order valence-corrected chi connectivity index (χ2v) is 9.45. The summed E-state index contributed by atoms with van der Waals surface area (Å²) in [6.45, 7) is 8.27. The standard InChI is InChI=1S/C16H27N3O4S/c1-12-14(10-18(5)17-12)24(21,22)11-13-6-8-19(9-7-13)15(20)23-16(2,3)4/h10,13H,6-9,11H2,1-5H3. The van der Waals surface area contributed by atoms with Crippen molar-refractivity contribution in [2.45, 2.75) is 51.0 Å². The highest BCUT2D eigenvalue weighted by Crippen LogP contribution is 2.24. The van der Waals surface area contributed by atoms with Crippen LogP contribution in [0.2, 0.25) is 0 Å². The minimum absolute atomic E-state index is 0.0493. The van der Waals surface area contributed by atoms with Crippen molar-refractivity contribution in [2.24, 2.45) is 13.0 Å². The SMILES string of the molecule is Cc1nn(C)cc1S(=O)(=O)CC1CCN(C(=O)OC(C)(C)C)CC1. The molecule has 1 aliphatic heterocycles. The van der Waals surface area contributed by atoms with Crippen LogP contribution in [0.5, 0.6) is 0 Å². The lowest BCUT2D eigenvalue weighted by Gasteiger charge is -2.33. The summed E-state index contributed by atoms with van der Waals surface area (Å²) in [5.74, 6) is 0.148. The molecular weight excluding hydrogens is 330 g/mol. The molecule has 1 aromatic heterocycles. The van der Waals surface area contributed by atoms with E-state index in [1.165, 1.54) is 4.68 Å². The van der Waals surface area contributed by atoms with Gasteiger partial charge in [0.05, 0.1) is 11.4 Å². The summed E-state index contributed by atoms with van der Waals surface area (Å²) in [4.78, 5) is 14.0. The monoisotopic (exact) mass is 357 g/mol. The van der Waals surface area contributed by atoms with Crippen molar-refractivity contribution in [3.05, 3.63) is 11.9 Å². The number of aromatic nitrogens is 2. The molecule has 1 aliphatic rings. The van der Waals surface area contributed by atoms with Gasteiger partial charge in [-0.2, -0.15) is 5.10 Å². The Labute approximate surface area is 143 Å². The normalized spacial score (nSPS) is 17.1. The number of hydrogen-bond donors (Lipinski definition) is 0. The molecule has 1 aromatic rings. The van der Waals surface area contributed by atoms with Crippen LogP contribution in [0.25, 0.3) is 0 Å². The zero-order valence-electron chi connectivity index (χ0n) is 15.1. The zero-order chi connectivity index (χ0) is 18.1. The average Bonchev–Trinajstić information content (AvgIpc) is 2.77. The van der Waals surface area contributed by atoms with Crippen LogP contribution >= 0.6 is 0 Å². The van der Waals surface area contributed by atoms with Gasteiger partial charge in [0.1, 0.15) is 10.5 Å². The van der Waals surface area contributed by atoms with Crippen LogP contribution in [0.15, 0.2) is 11.1 Å².